The highest BCUT2D eigenvalue weighted by Gasteiger charge is 2.06. The van der Waals surface area contributed by atoms with Crippen LogP contribution in [0.2, 0.25) is 0 Å². The molecule has 0 atom stereocenters. The highest BCUT2D eigenvalue weighted by Crippen LogP contribution is 2.27. The largest absolute Gasteiger partial charge is 0.342 e. The van der Waals surface area contributed by atoms with Gasteiger partial charge >= 0.3 is 0 Å². The Balaban J connectivity index is 2.63. The lowest BCUT2D eigenvalue weighted by Crippen LogP contribution is -1.86. The third kappa shape index (κ3) is 1.08. The van der Waals surface area contributed by atoms with Gasteiger partial charge in [0.05, 0.1) is 11.7 Å². The normalized spacial score (nSPS) is 11.3. The van der Waals surface area contributed by atoms with Crippen LogP contribution in [0.25, 0.3) is 21.8 Å². The molecule has 2 aromatic heterocycles. The maximum Gasteiger partial charge on any atom is 0.0675 e. The zero-order valence-corrected chi connectivity index (χ0v) is 8.86. The maximum atomic E-state index is 4.17. The van der Waals surface area contributed by atoms with Crippen LogP contribution in [0.3, 0.4) is 0 Å². The van der Waals surface area contributed by atoms with E-state index in [0.29, 0.717) is 0 Å². The first-order valence-electron chi connectivity index (χ1n) is 5.06. The number of hydrogen-bond donors (Lipinski definition) is 0. The molecule has 0 saturated heterocycles. The van der Waals surface area contributed by atoms with Gasteiger partial charge in [-0.2, -0.15) is 0 Å². The third-order valence-electron chi connectivity index (χ3n) is 2.97. The van der Waals surface area contributed by atoms with Crippen molar-refractivity contribution in [2.45, 2.75) is 6.92 Å². The Labute approximate surface area is 88.2 Å². The zero-order chi connectivity index (χ0) is 10.4. The summed E-state index contributed by atoms with van der Waals surface area (Å²) in [5, 5.41) is 2.59. The predicted molar refractivity (Wildman–Crippen MR) is 63.0 cm³/mol. The van der Waals surface area contributed by atoms with Crippen LogP contribution >= 0.6 is 0 Å². The second kappa shape index (κ2) is 2.83. The lowest BCUT2D eigenvalue weighted by Gasteiger charge is -1.97. The van der Waals surface area contributed by atoms with Gasteiger partial charge in [-0.15, -0.1) is 0 Å². The summed E-state index contributed by atoms with van der Waals surface area (Å²) >= 11 is 0. The van der Waals surface area contributed by atoms with E-state index in [4.69, 9.17) is 0 Å². The van der Waals surface area contributed by atoms with E-state index in [0.717, 1.165) is 0 Å². The van der Waals surface area contributed by atoms with Crippen LogP contribution in [0.4, 0.5) is 0 Å². The number of aryl methyl sites for hydroxylation is 2. The minimum absolute atomic E-state index is 1.19. The van der Waals surface area contributed by atoms with E-state index in [2.05, 4.69) is 47.8 Å². The average molecular weight is 196 g/mol. The first kappa shape index (κ1) is 8.48. The summed E-state index contributed by atoms with van der Waals surface area (Å²) in [7, 11) is 2.09. The summed E-state index contributed by atoms with van der Waals surface area (Å²) in [5.41, 5.74) is 3.76. The van der Waals surface area contributed by atoms with Gasteiger partial charge in [0.15, 0.2) is 0 Å². The van der Waals surface area contributed by atoms with Gasteiger partial charge in [0.1, 0.15) is 0 Å². The quantitative estimate of drug-likeness (QED) is 0.540. The Morgan fingerprint density at radius 1 is 1.07 bits per heavy atom. The Morgan fingerprint density at radius 3 is 2.73 bits per heavy atom. The number of aromatic nitrogens is 2. The molecule has 0 unspecified atom stereocenters. The Hall–Kier alpha value is -1.83. The third-order valence-corrected chi connectivity index (χ3v) is 2.97. The highest BCUT2D eigenvalue weighted by atomic mass is 14.9. The molecule has 2 nitrogen and oxygen atoms in total. The molecule has 15 heavy (non-hydrogen) atoms. The van der Waals surface area contributed by atoms with Gasteiger partial charge in [0, 0.05) is 29.5 Å². The average Bonchev–Trinajstić information content (AvgIpc) is 2.54. The van der Waals surface area contributed by atoms with Gasteiger partial charge in [0.25, 0.3) is 0 Å². The van der Waals surface area contributed by atoms with Crippen molar-refractivity contribution < 1.29 is 0 Å². The standard InChI is InChI=1S/C13H12N2/c1-9-3-4-10-11-5-6-14-8-13(11)15(2)12(10)7-9/h3-8H,1-2H3. The van der Waals surface area contributed by atoms with E-state index in [1.807, 2.05) is 12.4 Å². The van der Waals surface area contributed by atoms with Crippen LogP contribution in [0.15, 0.2) is 36.7 Å². The predicted octanol–water partition coefficient (Wildman–Crippen LogP) is 3.03. The van der Waals surface area contributed by atoms with Crippen LogP contribution in [-0.4, -0.2) is 9.55 Å². The molecule has 0 aliphatic heterocycles. The molecule has 0 fully saturated rings. The van der Waals surface area contributed by atoms with Crippen molar-refractivity contribution in [2.24, 2.45) is 7.05 Å². The molecule has 74 valence electrons. The van der Waals surface area contributed by atoms with Crippen molar-refractivity contribution in [3.05, 3.63) is 42.2 Å². The molecule has 2 heteroatoms. The number of nitrogens with zero attached hydrogens (tertiary/aromatic N) is 2. The monoisotopic (exact) mass is 196 g/mol. The van der Waals surface area contributed by atoms with Crippen molar-refractivity contribution in [1.29, 1.82) is 0 Å². The SMILES string of the molecule is Cc1ccc2c3ccncc3n(C)c2c1. The van der Waals surface area contributed by atoms with E-state index in [-0.39, 0.29) is 0 Å². The first-order chi connectivity index (χ1) is 7.27. The summed E-state index contributed by atoms with van der Waals surface area (Å²) < 4.78 is 2.20. The molecule has 3 aromatic rings. The molecule has 1 aromatic carbocycles. The lowest BCUT2D eigenvalue weighted by molar-refractivity contribution is 1.01. The van der Waals surface area contributed by atoms with E-state index in [1.165, 1.54) is 27.4 Å². The fraction of sp³-hybridized carbons (Fsp3) is 0.154. The molecule has 0 N–H and O–H groups in total. The summed E-state index contributed by atoms with van der Waals surface area (Å²) in [6.07, 6.45) is 3.77. The first-order valence-corrected chi connectivity index (χ1v) is 5.06. The fourth-order valence-electron chi connectivity index (χ4n) is 2.16. The van der Waals surface area contributed by atoms with Gasteiger partial charge in [0.2, 0.25) is 0 Å². The number of hydrogen-bond acceptors (Lipinski definition) is 1. The van der Waals surface area contributed by atoms with E-state index >= 15 is 0 Å². The maximum absolute atomic E-state index is 4.17. The van der Waals surface area contributed by atoms with Gasteiger partial charge in [-0.1, -0.05) is 12.1 Å². The molecular weight excluding hydrogens is 184 g/mol. The minimum Gasteiger partial charge on any atom is -0.342 e. The van der Waals surface area contributed by atoms with E-state index in [9.17, 15) is 0 Å². The van der Waals surface area contributed by atoms with Crippen LogP contribution < -0.4 is 0 Å². The van der Waals surface area contributed by atoms with E-state index in [1.54, 1.807) is 0 Å². The Morgan fingerprint density at radius 2 is 1.87 bits per heavy atom. The molecule has 0 aliphatic carbocycles. The highest BCUT2D eigenvalue weighted by molar-refractivity contribution is 6.07. The Bertz CT molecular complexity index is 650. The Kier molecular flexibility index (Phi) is 1.60. The molecule has 0 radical (unpaired) electrons. The summed E-state index contributed by atoms with van der Waals surface area (Å²) in [6, 6.07) is 8.64. The van der Waals surface area contributed by atoms with Gasteiger partial charge in [-0.05, 0) is 24.6 Å². The molecule has 0 aliphatic rings. The molecular formula is C13H12N2. The number of fused-ring (bicyclic) bond motifs is 3. The molecule has 2 heterocycles. The number of benzene rings is 1. The molecule has 0 amide bonds. The summed E-state index contributed by atoms with van der Waals surface area (Å²) in [5.74, 6) is 0. The van der Waals surface area contributed by atoms with Crippen LogP contribution in [-0.2, 0) is 7.05 Å². The summed E-state index contributed by atoms with van der Waals surface area (Å²) in [4.78, 5) is 4.17. The molecule has 0 spiro atoms. The number of pyridine rings is 1. The van der Waals surface area contributed by atoms with Crippen molar-refractivity contribution >= 4 is 21.8 Å². The van der Waals surface area contributed by atoms with Gasteiger partial charge in [-0.3, -0.25) is 4.98 Å². The van der Waals surface area contributed by atoms with Crippen molar-refractivity contribution in [3.63, 3.8) is 0 Å². The van der Waals surface area contributed by atoms with Crippen LogP contribution in [0.1, 0.15) is 5.56 Å². The zero-order valence-electron chi connectivity index (χ0n) is 8.86. The van der Waals surface area contributed by atoms with E-state index < -0.39 is 0 Å². The number of rotatable bonds is 0. The van der Waals surface area contributed by atoms with Gasteiger partial charge in [-0.25, -0.2) is 0 Å². The van der Waals surface area contributed by atoms with Crippen molar-refractivity contribution in [3.8, 4) is 0 Å². The smallest absolute Gasteiger partial charge is 0.0675 e. The summed E-state index contributed by atoms with van der Waals surface area (Å²) in [6.45, 7) is 2.12. The topological polar surface area (TPSA) is 17.8 Å². The molecule has 0 saturated carbocycles. The molecule has 3 rings (SSSR count). The second-order valence-corrected chi connectivity index (χ2v) is 3.97. The van der Waals surface area contributed by atoms with Crippen molar-refractivity contribution in [1.82, 2.24) is 9.55 Å². The molecule has 0 bridgehead atoms. The van der Waals surface area contributed by atoms with Crippen LogP contribution in [0.5, 0.6) is 0 Å². The lowest BCUT2D eigenvalue weighted by atomic mass is 10.1. The minimum atomic E-state index is 1.19. The van der Waals surface area contributed by atoms with Gasteiger partial charge < -0.3 is 4.57 Å². The van der Waals surface area contributed by atoms with Crippen LogP contribution in [0, 0.1) is 6.92 Å². The fourth-order valence-corrected chi connectivity index (χ4v) is 2.16. The second-order valence-electron chi connectivity index (χ2n) is 3.97. The van der Waals surface area contributed by atoms with Crippen molar-refractivity contribution in [2.75, 3.05) is 0 Å².